The zero-order valence-corrected chi connectivity index (χ0v) is 9.06. The summed E-state index contributed by atoms with van der Waals surface area (Å²) in [4.78, 5) is 10.8. The van der Waals surface area contributed by atoms with Crippen molar-refractivity contribution in [3.63, 3.8) is 0 Å². The van der Waals surface area contributed by atoms with Gasteiger partial charge in [-0.05, 0) is 12.0 Å². The summed E-state index contributed by atoms with van der Waals surface area (Å²) in [5.74, 6) is 2.27. The van der Waals surface area contributed by atoms with Crippen molar-refractivity contribution in [2.45, 2.75) is 12.3 Å². The van der Waals surface area contributed by atoms with E-state index in [0.29, 0.717) is 13.0 Å². The van der Waals surface area contributed by atoms with Gasteiger partial charge in [0.1, 0.15) is 0 Å². The SMILES string of the molecule is C#CC(CCOC(=O)CN)c1ccccc1. The summed E-state index contributed by atoms with van der Waals surface area (Å²) in [5, 5.41) is 0. The number of hydrogen-bond acceptors (Lipinski definition) is 3. The van der Waals surface area contributed by atoms with Crippen molar-refractivity contribution < 1.29 is 9.53 Å². The van der Waals surface area contributed by atoms with E-state index in [4.69, 9.17) is 16.9 Å². The summed E-state index contributed by atoms with van der Waals surface area (Å²) in [6.45, 7) is 0.214. The number of carbonyl (C=O) groups excluding carboxylic acids is 1. The molecule has 84 valence electrons. The largest absolute Gasteiger partial charge is 0.465 e. The minimum Gasteiger partial charge on any atom is -0.465 e. The molecule has 0 spiro atoms. The number of terminal acetylenes is 1. The third-order valence-electron chi connectivity index (χ3n) is 2.24. The van der Waals surface area contributed by atoms with E-state index in [1.807, 2.05) is 30.3 Å². The van der Waals surface area contributed by atoms with E-state index in [-0.39, 0.29) is 12.5 Å². The van der Waals surface area contributed by atoms with Gasteiger partial charge in [-0.3, -0.25) is 4.79 Å². The van der Waals surface area contributed by atoms with E-state index < -0.39 is 5.97 Å². The molecule has 1 aromatic rings. The van der Waals surface area contributed by atoms with Crippen LogP contribution in [0.2, 0.25) is 0 Å². The monoisotopic (exact) mass is 217 g/mol. The number of benzene rings is 1. The molecule has 1 rings (SSSR count). The van der Waals surface area contributed by atoms with Gasteiger partial charge < -0.3 is 10.5 Å². The molecule has 16 heavy (non-hydrogen) atoms. The number of ether oxygens (including phenoxy) is 1. The molecule has 0 aliphatic rings. The molecule has 0 fully saturated rings. The molecule has 0 radical (unpaired) electrons. The lowest BCUT2D eigenvalue weighted by Gasteiger charge is -2.10. The number of carbonyl (C=O) groups is 1. The minimum atomic E-state index is -0.399. The average molecular weight is 217 g/mol. The van der Waals surface area contributed by atoms with E-state index in [2.05, 4.69) is 5.92 Å². The van der Waals surface area contributed by atoms with E-state index in [9.17, 15) is 4.79 Å². The van der Waals surface area contributed by atoms with Gasteiger partial charge >= 0.3 is 5.97 Å². The van der Waals surface area contributed by atoms with Crippen molar-refractivity contribution >= 4 is 5.97 Å². The van der Waals surface area contributed by atoms with Crippen LogP contribution in [0.3, 0.4) is 0 Å². The first-order chi connectivity index (χ1) is 7.77. The Balaban J connectivity index is 2.45. The molecule has 3 heteroatoms. The smallest absolute Gasteiger partial charge is 0.319 e. The molecule has 0 aliphatic heterocycles. The zero-order chi connectivity index (χ0) is 11.8. The van der Waals surface area contributed by atoms with Crippen LogP contribution in [0.25, 0.3) is 0 Å². The van der Waals surface area contributed by atoms with Crippen molar-refractivity contribution in [2.24, 2.45) is 5.73 Å². The predicted molar refractivity (Wildman–Crippen MR) is 62.6 cm³/mol. The van der Waals surface area contributed by atoms with Gasteiger partial charge in [-0.1, -0.05) is 36.3 Å². The molecule has 0 saturated carbocycles. The molecule has 2 N–H and O–H groups in total. The molecule has 0 heterocycles. The Morgan fingerprint density at radius 3 is 2.69 bits per heavy atom. The summed E-state index contributed by atoms with van der Waals surface area (Å²) < 4.78 is 4.89. The first-order valence-corrected chi connectivity index (χ1v) is 5.14. The summed E-state index contributed by atoms with van der Waals surface area (Å²) in [6, 6.07) is 9.74. The molecular formula is C13H15NO2. The van der Waals surface area contributed by atoms with E-state index >= 15 is 0 Å². The Morgan fingerprint density at radius 1 is 1.44 bits per heavy atom. The quantitative estimate of drug-likeness (QED) is 0.597. The van der Waals surface area contributed by atoms with Crippen molar-refractivity contribution in [3.8, 4) is 12.3 Å². The molecule has 0 bridgehead atoms. The molecule has 1 aromatic carbocycles. The van der Waals surface area contributed by atoms with E-state index in [1.165, 1.54) is 0 Å². The summed E-state index contributed by atoms with van der Waals surface area (Å²) in [5.41, 5.74) is 6.18. The molecular weight excluding hydrogens is 202 g/mol. The van der Waals surface area contributed by atoms with Gasteiger partial charge in [0.05, 0.1) is 13.2 Å². The first kappa shape index (κ1) is 12.3. The van der Waals surface area contributed by atoms with Crippen LogP contribution in [0.15, 0.2) is 30.3 Å². The maximum atomic E-state index is 10.8. The van der Waals surface area contributed by atoms with Crippen LogP contribution in [-0.2, 0) is 9.53 Å². The van der Waals surface area contributed by atoms with Gasteiger partial charge in [-0.15, -0.1) is 6.42 Å². The number of hydrogen-bond donors (Lipinski definition) is 1. The Hall–Kier alpha value is -1.79. The van der Waals surface area contributed by atoms with Gasteiger partial charge in [-0.2, -0.15) is 0 Å². The summed E-state index contributed by atoms with van der Waals surface area (Å²) in [6.07, 6.45) is 6.06. The third kappa shape index (κ3) is 3.76. The Morgan fingerprint density at radius 2 is 2.12 bits per heavy atom. The van der Waals surface area contributed by atoms with Gasteiger partial charge in [-0.25, -0.2) is 0 Å². The lowest BCUT2D eigenvalue weighted by molar-refractivity contribution is -0.142. The Bertz CT molecular complexity index is 367. The van der Waals surface area contributed by atoms with Crippen LogP contribution in [0.5, 0.6) is 0 Å². The molecule has 3 nitrogen and oxygen atoms in total. The topological polar surface area (TPSA) is 52.3 Å². The highest BCUT2D eigenvalue weighted by Crippen LogP contribution is 2.18. The molecule has 0 aliphatic carbocycles. The second kappa shape index (κ2) is 6.65. The first-order valence-electron chi connectivity index (χ1n) is 5.14. The average Bonchev–Trinajstić information content (AvgIpc) is 2.35. The zero-order valence-electron chi connectivity index (χ0n) is 9.06. The maximum Gasteiger partial charge on any atom is 0.319 e. The molecule has 0 saturated heterocycles. The lowest BCUT2D eigenvalue weighted by atomic mass is 9.97. The second-order valence-corrected chi connectivity index (χ2v) is 3.34. The second-order valence-electron chi connectivity index (χ2n) is 3.34. The fourth-order valence-corrected chi connectivity index (χ4v) is 1.38. The summed E-state index contributed by atoms with van der Waals surface area (Å²) in [7, 11) is 0. The van der Waals surface area contributed by atoms with E-state index in [0.717, 1.165) is 5.56 Å². The fourth-order valence-electron chi connectivity index (χ4n) is 1.38. The highest BCUT2D eigenvalue weighted by Gasteiger charge is 2.08. The standard InChI is InChI=1S/C13H15NO2/c1-2-11(8-9-16-13(15)10-14)12-6-4-3-5-7-12/h1,3-7,11H,8-10,14H2. The highest BCUT2D eigenvalue weighted by atomic mass is 16.5. The predicted octanol–water partition coefficient (Wildman–Crippen LogP) is 1.30. The van der Waals surface area contributed by atoms with Crippen LogP contribution in [0.1, 0.15) is 17.9 Å². The normalized spacial score (nSPS) is 11.5. The molecule has 0 amide bonds. The Kier molecular flexibility index (Phi) is 5.10. The highest BCUT2D eigenvalue weighted by molar-refractivity contribution is 5.71. The van der Waals surface area contributed by atoms with Crippen LogP contribution in [-0.4, -0.2) is 19.1 Å². The van der Waals surface area contributed by atoms with Gasteiger partial charge in [0.15, 0.2) is 0 Å². The molecule has 0 aromatic heterocycles. The van der Waals surface area contributed by atoms with Gasteiger partial charge in [0, 0.05) is 5.92 Å². The van der Waals surface area contributed by atoms with E-state index in [1.54, 1.807) is 0 Å². The van der Waals surface area contributed by atoms with Gasteiger partial charge in [0.25, 0.3) is 0 Å². The van der Waals surface area contributed by atoms with Crippen LogP contribution in [0, 0.1) is 12.3 Å². The van der Waals surface area contributed by atoms with Crippen LogP contribution >= 0.6 is 0 Å². The van der Waals surface area contributed by atoms with Crippen molar-refractivity contribution in [1.29, 1.82) is 0 Å². The fraction of sp³-hybridized carbons (Fsp3) is 0.308. The van der Waals surface area contributed by atoms with Crippen LogP contribution in [0.4, 0.5) is 0 Å². The Labute approximate surface area is 95.6 Å². The molecule has 1 unspecified atom stereocenters. The van der Waals surface area contributed by atoms with Crippen molar-refractivity contribution in [3.05, 3.63) is 35.9 Å². The van der Waals surface area contributed by atoms with Crippen LogP contribution < -0.4 is 5.73 Å². The van der Waals surface area contributed by atoms with Crippen molar-refractivity contribution in [1.82, 2.24) is 0 Å². The van der Waals surface area contributed by atoms with Gasteiger partial charge in [0.2, 0.25) is 0 Å². The minimum absolute atomic E-state index is 0.0215. The third-order valence-corrected chi connectivity index (χ3v) is 2.24. The summed E-state index contributed by atoms with van der Waals surface area (Å²) >= 11 is 0. The van der Waals surface area contributed by atoms with Crippen molar-refractivity contribution in [2.75, 3.05) is 13.2 Å². The number of nitrogens with two attached hydrogens (primary N) is 1. The molecule has 1 atom stereocenters. The number of rotatable bonds is 5. The maximum absolute atomic E-state index is 10.8. The lowest BCUT2D eigenvalue weighted by Crippen LogP contribution is -2.18. The number of esters is 1.